The van der Waals surface area contributed by atoms with Gasteiger partial charge in [0, 0.05) is 13.0 Å². The molecule has 1 aliphatic heterocycles. The molecule has 1 heterocycles. The second kappa shape index (κ2) is 11.4. The molecule has 0 bridgehead atoms. The lowest BCUT2D eigenvalue weighted by Gasteiger charge is -2.35. The number of aliphatic hydroxyl groups is 1. The molecule has 1 saturated carbocycles. The molecule has 1 amide bonds. The van der Waals surface area contributed by atoms with Crippen molar-refractivity contribution in [1.29, 1.82) is 0 Å². The molecule has 2 N–H and O–H groups in total. The Labute approximate surface area is 194 Å². The zero-order valence-corrected chi connectivity index (χ0v) is 18.8. The van der Waals surface area contributed by atoms with E-state index >= 15 is 0 Å². The number of carbonyl (C=O) groups excluding carboxylic acids is 1. The van der Waals surface area contributed by atoms with Crippen LogP contribution in [-0.4, -0.2) is 17.3 Å². The first-order valence-electron chi connectivity index (χ1n) is 11.8. The summed E-state index contributed by atoms with van der Waals surface area (Å²) in [5, 5.41) is 12.1. The van der Waals surface area contributed by atoms with Crippen LogP contribution in [0, 0.1) is 17.7 Å². The van der Waals surface area contributed by atoms with Gasteiger partial charge in [0.1, 0.15) is 5.82 Å². The molecule has 4 rings (SSSR count). The van der Waals surface area contributed by atoms with Gasteiger partial charge in [-0.05, 0) is 59.6 Å². The third-order valence-corrected chi connectivity index (χ3v) is 6.58. The van der Waals surface area contributed by atoms with E-state index in [1.165, 1.54) is 44.2 Å². The zero-order valence-electron chi connectivity index (χ0n) is 18.8. The molecule has 5 nitrogen and oxygen atoms in total. The Morgan fingerprint density at radius 1 is 1.00 bits per heavy atom. The van der Waals surface area contributed by atoms with Crippen LogP contribution in [-0.2, 0) is 34.0 Å². The fraction of sp³-hybridized carbons (Fsp3) is 0.444. The molecule has 6 heteroatoms. The Morgan fingerprint density at radius 3 is 2.36 bits per heavy atom. The summed E-state index contributed by atoms with van der Waals surface area (Å²) in [7, 11) is 0. The van der Waals surface area contributed by atoms with Crippen molar-refractivity contribution >= 4 is 5.91 Å². The van der Waals surface area contributed by atoms with Crippen LogP contribution in [0.3, 0.4) is 0 Å². The van der Waals surface area contributed by atoms with Gasteiger partial charge in [-0.2, -0.15) is 0 Å². The molecular weight excluding hydrogens is 421 g/mol. The molecule has 2 atom stereocenters. The molecule has 1 fully saturated rings. The first-order chi connectivity index (χ1) is 16.1. The highest BCUT2D eigenvalue weighted by Crippen LogP contribution is 2.37. The topological polar surface area (TPSA) is 67.8 Å². The first-order valence-corrected chi connectivity index (χ1v) is 11.8. The predicted octanol–water partition coefficient (Wildman–Crippen LogP) is 4.98. The van der Waals surface area contributed by atoms with Crippen LogP contribution < -0.4 is 5.32 Å². The molecule has 1 aliphatic carbocycles. The molecule has 2 aromatic carbocycles. The van der Waals surface area contributed by atoms with E-state index in [-0.39, 0.29) is 24.2 Å². The fourth-order valence-corrected chi connectivity index (χ4v) is 4.64. The number of allylic oxidation sites excluding steroid dienone is 1. The third-order valence-electron chi connectivity index (χ3n) is 6.58. The molecule has 2 aliphatic rings. The summed E-state index contributed by atoms with van der Waals surface area (Å²) in [6, 6.07) is 13.7. The quantitative estimate of drug-likeness (QED) is 0.592. The van der Waals surface area contributed by atoms with Crippen molar-refractivity contribution in [2.75, 3.05) is 0 Å². The summed E-state index contributed by atoms with van der Waals surface area (Å²) >= 11 is 0. The van der Waals surface area contributed by atoms with Gasteiger partial charge in [0.05, 0.1) is 13.2 Å². The van der Waals surface area contributed by atoms with Gasteiger partial charge in [-0.1, -0.05) is 55.7 Å². The number of aliphatic hydroxyl groups excluding tert-OH is 1. The number of ether oxygens (including phenoxy) is 2. The van der Waals surface area contributed by atoms with Gasteiger partial charge < -0.3 is 19.9 Å². The predicted molar refractivity (Wildman–Crippen MR) is 123 cm³/mol. The van der Waals surface area contributed by atoms with Gasteiger partial charge in [-0.3, -0.25) is 4.79 Å². The second-order valence-electron chi connectivity index (χ2n) is 8.97. The van der Waals surface area contributed by atoms with E-state index < -0.39 is 6.29 Å². The minimum atomic E-state index is -0.494. The Hall–Kier alpha value is -2.70. The molecule has 0 unspecified atom stereocenters. The Balaban J connectivity index is 1.40. The SMILES string of the molecule is O=C(NCc1ccc(F)cc1)C1=C[C@@H](C2CCCCC2)C[C@@H](OCc2ccc(CO)cc2)O1. The van der Waals surface area contributed by atoms with Crippen LogP contribution in [0.2, 0.25) is 0 Å². The monoisotopic (exact) mass is 453 g/mol. The first kappa shape index (κ1) is 23.5. The van der Waals surface area contributed by atoms with Crippen molar-refractivity contribution < 1.29 is 23.8 Å². The van der Waals surface area contributed by atoms with Crippen molar-refractivity contribution in [2.45, 2.75) is 64.6 Å². The average molecular weight is 454 g/mol. The van der Waals surface area contributed by atoms with E-state index in [9.17, 15) is 14.3 Å². The molecule has 0 aromatic heterocycles. The Bertz CT molecular complexity index is 936. The number of benzene rings is 2. The maximum atomic E-state index is 13.1. The van der Waals surface area contributed by atoms with Crippen molar-refractivity contribution in [1.82, 2.24) is 5.32 Å². The van der Waals surface area contributed by atoms with E-state index in [0.717, 1.165) is 23.1 Å². The van der Waals surface area contributed by atoms with E-state index in [0.29, 0.717) is 24.8 Å². The summed E-state index contributed by atoms with van der Waals surface area (Å²) < 4.78 is 25.2. The molecule has 176 valence electrons. The lowest BCUT2D eigenvalue weighted by atomic mass is 9.77. The minimum absolute atomic E-state index is 0.0110. The van der Waals surface area contributed by atoms with Crippen molar-refractivity contribution in [3.05, 3.63) is 82.9 Å². The lowest BCUT2D eigenvalue weighted by Crippen LogP contribution is -2.35. The standard InChI is InChI=1S/C27H32FNO4/c28-24-12-10-19(11-13-24)16-29-27(31)25-14-23(22-4-2-1-3-5-22)15-26(33-25)32-18-21-8-6-20(17-30)7-9-21/h6-14,22-23,26,30H,1-5,15-18H2,(H,29,31)/t23-,26+/m1/s1. The summed E-state index contributed by atoms with van der Waals surface area (Å²) in [5.41, 5.74) is 2.67. The van der Waals surface area contributed by atoms with Crippen LogP contribution in [0.15, 0.2) is 60.4 Å². The van der Waals surface area contributed by atoms with E-state index in [4.69, 9.17) is 9.47 Å². The zero-order chi connectivity index (χ0) is 23.0. The van der Waals surface area contributed by atoms with Gasteiger partial charge in [0.25, 0.3) is 5.91 Å². The van der Waals surface area contributed by atoms with E-state index in [2.05, 4.69) is 5.32 Å². The van der Waals surface area contributed by atoms with Gasteiger partial charge in [-0.25, -0.2) is 4.39 Å². The lowest BCUT2D eigenvalue weighted by molar-refractivity contribution is -0.156. The molecule has 0 spiro atoms. The molecule has 0 saturated heterocycles. The van der Waals surface area contributed by atoms with Crippen LogP contribution in [0.25, 0.3) is 0 Å². The molecule has 0 radical (unpaired) electrons. The highest BCUT2D eigenvalue weighted by atomic mass is 19.1. The average Bonchev–Trinajstić information content (AvgIpc) is 2.87. The number of hydrogen-bond donors (Lipinski definition) is 2. The Morgan fingerprint density at radius 2 is 1.67 bits per heavy atom. The normalized spacial score (nSPS) is 21.2. The minimum Gasteiger partial charge on any atom is -0.459 e. The fourth-order valence-electron chi connectivity index (χ4n) is 4.64. The number of carbonyl (C=O) groups is 1. The van der Waals surface area contributed by atoms with Gasteiger partial charge >= 0.3 is 0 Å². The van der Waals surface area contributed by atoms with Crippen LogP contribution >= 0.6 is 0 Å². The number of amides is 1. The van der Waals surface area contributed by atoms with Crippen molar-refractivity contribution in [2.24, 2.45) is 11.8 Å². The van der Waals surface area contributed by atoms with Crippen molar-refractivity contribution in [3.8, 4) is 0 Å². The number of nitrogens with one attached hydrogen (secondary N) is 1. The maximum absolute atomic E-state index is 13.1. The Kier molecular flexibility index (Phi) is 8.13. The smallest absolute Gasteiger partial charge is 0.286 e. The molecule has 2 aromatic rings. The number of halogens is 1. The summed E-state index contributed by atoms with van der Waals surface area (Å²) in [4.78, 5) is 12.9. The summed E-state index contributed by atoms with van der Waals surface area (Å²) in [5.74, 6) is 0.509. The van der Waals surface area contributed by atoms with E-state index in [1.54, 1.807) is 12.1 Å². The largest absolute Gasteiger partial charge is 0.459 e. The van der Waals surface area contributed by atoms with E-state index in [1.807, 2.05) is 30.3 Å². The summed E-state index contributed by atoms with van der Waals surface area (Å²) in [6.45, 7) is 0.687. The molecule has 33 heavy (non-hydrogen) atoms. The van der Waals surface area contributed by atoms with Crippen LogP contribution in [0.4, 0.5) is 4.39 Å². The van der Waals surface area contributed by atoms with Gasteiger partial charge in [-0.15, -0.1) is 0 Å². The second-order valence-corrected chi connectivity index (χ2v) is 8.97. The highest BCUT2D eigenvalue weighted by Gasteiger charge is 2.32. The van der Waals surface area contributed by atoms with Gasteiger partial charge in [0.2, 0.25) is 6.29 Å². The highest BCUT2D eigenvalue weighted by molar-refractivity contribution is 5.91. The molecular formula is C27H32FNO4. The van der Waals surface area contributed by atoms with Crippen LogP contribution in [0.5, 0.6) is 0 Å². The van der Waals surface area contributed by atoms with Gasteiger partial charge in [0.15, 0.2) is 5.76 Å². The maximum Gasteiger partial charge on any atom is 0.286 e. The van der Waals surface area contributed by atoms with Crippen molar-refractivity contribution in [3.63, 3.8) is 0 Å². The number of hydrogen-bond acceptors (Lipinski definition) is 4. The number of rotatable bonds is 8. The summed E-state index contributed by atoms with van der Waals surface area (Å²) in [6.07, 6.45) is 8.28. The van der Waals surface area contributed by atoms with Crippen LogP contribution in [0.1, 0.15) is 55.2 Å². The third kappa shape index (κ3) is 6.65.